The first-order valence-electron chi connectivity index (χ1n) is 3.87. The predicted molar refractivity (Wildman–Crippen MR) is 49.2 cm³/mol. The minimum absolute atomic E-state index is 0.220. The molecule has 0 radical (unpaired) electrons. The van der Waals surface area contributed by atoms with Crippen LogP contribution < -0.4 is 4.74 Å². The van der Waals surface area contributed by atoms with Gasteiger partial charge < -0.3 is 9.84 Å². The molecule has 1 N–H and O–H groups in total. The van der Waals surface area contributed by atoms with Crippen LogP contribution in [0.2, 0.25) is 0 Å². The molecule has 0 aliphatic rings. The van der Waals surface area contributed by atoms with Gasteiger partial charge >= 0.3 is 0 Å². The molecule has 0 aliphatic heterocycles. The van der Waals surface area contributed by atoms with Crippen molar-refractivity contribution >= 4 is 5.57 Å². The van der Waals surface area contributed by atoms with Crippen LogP contribution in [0, 0.1) is 0 Å². The molecule has 0 spiro atoms. The van der Waals surface area contributed by atoms with E-state index >= 15 is 0 Å². The second-order valence-electron chi connectivity index (χ2n) is 2.49. The van der Waals surface area contributed by atoms with Crippen molar-refractivity contribution in [2.45, 2.75) is 0 Å². The summed E-state index contributed by atoms with van der Waals surface area (Å²) in [5, 5.41) is 8.84. The van der Waals surface area contributed by atoms with E-state index in [-0.39, 0.29) is 12.2 Å². The van der Waals surface area contributed by atoms with Crippen LogP contribution >= 0.6 is 0 Å². The predicted octanol–water partition coefficient (Wildman–Crippen LogP) is 2.00. The third-order valence-electron chi connectivity index (χ3n) is 1.75. The summed E-state index contributed by atoms with van der Waals surface area (Å²) in [4.78, 5) is 0. The number of halogens is 1. The van der Waals surface area contributed by atoms with E-state index in [1.165, 1.54) is 7.11 Å². The molecule has 0 atom stereocenters. The fourth-order valence-electron chi connectivity index (χ4n) is 1.09. The first-order valence-corrected chi connectivity index (χ1v) is 3.87. The topological polar surface area (TPSA) is 29.5 Å². The van der Waals surface area contributed by atoms with Gasteiger partial charge in [0.1, 0.15) is 5.75 Å². The Morgan fingerprint density at radius 1 is 1.54 bits per heavy atom. The lowest BCUT2D eigenvalue weighted by Crippen LogP contribution is -1.94. The van der Waals surface area contributed by atoms with Crippen LogP contribution in [0.1, 0.15) is 5.56 Å². The van der Waals surface area contributed by atoms with E-state index in [9.17, 15) is 4.39 Å². The van der Waals surface area contributed by atoms with Crippen molar-refractivity contribution in [2.75, 3.05) is 13.7 Å². The summed E-state index contributed by atoms with van der Waals surface area (Å²) < 4.78 is 17.3. The van der Waals surface area contributed by atoms with Crippen LogP contribution in [0.4, 0.5) is 4.39 Å². The highest BCUT2D eigenvalue weighted by Gasteiger charge is 2.06. The van der Waals surface area contributed by atoms with Crippen molar-refractivity contribution < 1.29 is 14.2 Å². The molecule has 0 saturated carbocycles. The zero-order chi connectivity index (χ0) is 9.68. The van der Waals surface area contributed by atoms with Crippen LogP contribution in [0.25, 0.3) is 5.57 Å². The van der Waals surface area contributed by atoms with Gasteiger partial charge in [-0.2, -0.15) is 0 Å². The molecule has 0 bridgehead atoms. The Kier molecular flexibility index (Phi) is 3.46. The van der Waals surface area contributed by atoms with E-state index in [1.807, 2.05) is 0 Å². The Morgan fingerprint density at radius 3 is 2.77 bits per heavy atom. The molecule has 1 aromatic rings. The highest BCUT2D eigenvalue weighted by Crippen LogP contribution is 2.25. The van der Waals surface area contributed by atoms with Gasteiger partial charge in [-0.05, 0) is 6.07 Å². The van der Waals surface area contributed by atoms with Gasteiger partial charge in [0.15, 0.2) is 0 Å². The number of hydrogen-bond donors (Lipinski definition) is 1. The van der Waals surface area contributed by atoms with Gasteiger partial charge in [0.05, 0.1) is 20.0 Å². The molecular formula is C10H11FO2. The molecule has 3 heteroatoms. The summed E-state index contributed by atoms with van der Waals surface area (Å²) in [6, 6.07) is 6.96. The van der Waals surface area contributed by atoms with Gasteiger partial charge in [0.2, 0.25) is 0 Å². The zero-order valence-corrected chi connectivity index (χ0v) is 7.33. The van der Waals surface area contributed by atoms with E-state index in [0.717, 1.165) is 0 Å². The molecular weight excluding hydrogens is 171 g/mol. The van der Waals surface area contributed by atoms with Crippen LogP contribution in [-0.2, 0) is 0 Å². The van der Waals surface area contributed by atoms with Gasteiger partial charge in [-0.15, -0.1) is 0 Å². The van der Waals surface area contributed by atoms with Gasteiger partial charge in [0.25, 0.3) is 0 Å². The Labute approximate surface area is 76.3 Å². The highest BCUT2D eigenvalue weighted by molar-refractivity contribution is 5.70. The summed E-state index contributed by atoms with van der Waals surface area (Å²) in [6.45, 7) is -0.336. The maximum atomic E-state index is 12.3. The first kappa shape index (κ1) is 9.74. The normalized spacial score (nSPS) is 11.5. The molecule has 0 aliphatic carbocycles. The molecule has 0 saturated heterocycles. The van der Waals surface area contributed by atoms with Crippen LogP contribution in [0.15, 0.2) is 30.6 Å². The van der Waals surface area contributed by atoms with E-state index in [4.69, 9.17) is 9.84 Å². The third kappa shape index (κ3) is 2.06. The lowest BCUT2D eigenvalue weighted by Gasteiger charge is -2.08. The third-order valence-corrected chi connectivity index (χ3v) is 1.75. The van der Waals surface area contributed by atoms with Gasteiger partial charge in [-0.1, -0.05) is 18.2 Å². The number of aliphatic hydroxyl groups is 1. The molecule has 0 amide bonds. The smallest absolute Gasteiger partial charge is 0.126 e. The Bertz CT molecular complexity index is 308. The van der Waals surface area contributed by atoms with Crippen molar-refractivity contribution in [1.29, 1.82) is 0 Å². The van der Waals surface area contributed by atoms with E-state index in [0.29, 0.717) is 17.6 Å². The number of methoxy groups -OCH3 is 1. The average Bonchev–Trinajstić information content (AvgIpc) is 2.20. The molecule has 13 heavy (non-hydrogen) atoms. The minimum Gasteiger partial charge on any atom is -0.496 e. The van der Waals surface area contributed by atoms with Gasteiger partial charge in [-0.3, -0.25) is 0 Å². The maximum absolute atomic E-state index is 12.3. The Morgan fingerprint density at radius 2 is 2.23 bits per heavy atom. The largest absolute Gasteiger partial charge is 0.496 e. The molecule has 1 rings (SSSR count). The van der Waals surface area contributed by atoms with Crippen molar-refractivity contribution in [1.82, 2.24) is 0 Å². The van der Waals surface area contributed by atoms with Crippen LogP contribution in [-0.4, -0.2) is 18.8 Å². The zero-order valence-electron chi connectivity index (χ0n) is 7.33. The van der Waals surface area contributed by atoms with Gasteiger partial charge in [0, 0.05) is 11.1 Å². The summed E-state index contributed by atoms with van der Waals surface area (Å²) >= 11 is 0. The van der Waals surface area contributed by atoms with Gasteiger partial charge in [-0.25, -0.2) is 4.39 Å². The van der Waals surface area contributed by atoms with E-state index in [2.05, 4.69) is 0 Å². The number of hydrogen-bond acceptors (Lipinski definition) is 2. The van der Waals surface area contributed by atoms with E-state index < -0.39 is 0 Å². The lowest BCUT2D eigenvalue weighted by molar-refractivity contribution is 0.347. The van der Waals surface area contributed by atoms with Crippen LogP contribution in [0.3, 0.4) is 0 Å². The summed E-state index contributed by atoms with van der Waals surface area (Å²) in [5.41, 5.74) is 0.799. The highest BCUT2D eigenvalue weighted by atomic mass is 19.1. The second-order valence-corrected chi connectivity index (χ2v) is 2.49. The van der Waals surface area contributed by atoms with Crippen molar-refractivity contribution in [3.63, 3.8) is 0 Å². The summed E-state index contributed by atoms with van der Waals surface area (Å²) in [7, 11) is 1.51. The first-order chi connectivity index (χ1) is 6.33. The second kappa shape index (κ2) is 4.62. The van der Waals surface area contributed by atoms with Crippen molar-refractivity contribution in [2.24, 2.45) is 0 Å². The Balaban J connectivity index is 3.12. The fourth-order valence-corrected chi connectivity index (χ4v) is 1.09. The minimum atomic E-state index is -0.336. The molecule has 2 nitrogen and oxygen atoms in total. The number of ether oxygens (including phenoxy) is 1. The van der Waals surface area contributed by atoms with Crippen molar-refractivity contribution in [3.8, 4) is 5.75 Å². The van der Waals surface area contributed by atoms with E-state index in [1.54, 1.807) is 24.3 Å². The summed E-state index contributed by atoms with van der Waals surface area (Å²) in [5.74, 6) is 0.556. The number of benzene rings is 1. The number of aliphatic hydroxyl groups excluding tert-OH is 1. The monoisotopic (exact) mass is 182 g/mol. The van der Waals surface area contributed by atoms with Crippen LogP contribution in [0.5, 0.6) is 5.75 Å². The fraction of sp³-hybridized carbons (Fsp3) is 0.200. The average molecular weight is 182 g/mol. The molecule has 0 aromatic heterocycles. The van der Waals surface area contributed by atoms with Crippen molar-refractivity contribution in [3.05, 3.63) is 36.2 Å². The SMILES string of the molecule is COc1ccccc1/C(=C\F)CO. The lowest BCUT2D eigenvalue weighted by atomic mass is 10.1. The standard InChI is InChI=1S/C10H11FO2/c1-13-10-5-3-2-4-9(10)8(6-11)7-12/h2-6,12H,7H2,1H3/b8-6-. The maximum Gasteiger partial charge on any atom is 0.126 e. The summed E-state index contributed by atoms with van der Waals surface area (Å²) in [6.07, 6.45) is 0.387. The molecule has 70 valence electrons. The molecule has 0 unspecified atom stereocenters. The molecule has 0 heterocycles. The molecule has 1 aromatic carbocycles. The molecule has 0 fully saturated rings. The quantitative estimate of drug-likeness (QED) is 0.774. The number of rotatable bonds is 3. The Hall–Kier alpha value is -1.35. The number of para-hydroxylation sites is 1.